The molecule has 0 heterocycles. The third-order valence-electron chi connectivity index (χ3n) is 4.35. The Labute approximate surface area is 139 Å². The minimum atomic E-state index is -0.890. The van der Waals surface area contributed by atoms with Gasteiger partial charge in [0, 0.05) is 11.2 Å². The van der Waals surface area contributed by atoms with Gasteiger partial charge in [-0.05, 0) is 57.6 Å². The van der Waals surface area contributed by atoms with Crippen LogP contribution < -0.4 is 10.6 Å². The highest BCUT2D eigenvalue weighted by Crippen LogP contribution is 2.47. The maximum Gasteiger partial charge on any atom is 0.240 e. The lowest BCUT2D eigenvalue weighted by atomic mass is 9.99. The summed E-state index contributed by atoms with van der Waals surface area (Å²) in [6, 6.07) is 6.08. The lowest BCUT2D eigenvalue weighted by molar-refractivity contribution is -0.135. The van der Waals surface area contributed by atoms with E-state index < -0.39 is 5.41 Å². The number of amides is 2. The minimum Gasteiger partial charge on any atom is -0.351 e. The number of rotatable bonds is 5. The van der Waals surface area contributed by atoms with E-state index in [0.717, 1.165) is 29.7 Å². The van der Waals surface area contributed by atoms with E-state index in [4.69, 9.17) is 0 Å². The largest absolute Gasteiger partial charge is 0.351 e. The molecule has 23 heavy (non-hydrogen) atoms. The molecule has 0 aliphatic heterocycles. The smallest absolute Gasteiger partial charge is 0.240 e. The fourth-order valence-electron chi connectivity index (χ4n) is 2.78. The van der Waals surface area contributed by atoms with Crippen molar-refractivity contribution in [1.82, 2.24) is 5.32 Å². The summed E-state index contributed by atoms with van der Waals surface area (Å²) in [5, 5.41) is 6.00. The number of aryl methyl sites for hydroxylation is 2. The Bertz CT molecular complexity index is 588. The van der Waals surface area contributed by atoms with E-state index in [1.54, 1.807) is 0 Å². The van der Waals surface area contributed by atoms with Crippen molar-refractivity contribution in [2.75, 3.05) is 5.32 Å². The Hall–Kier alpha value is -1.84. The molecule has 2 N–H and O–H groups in total. The molecular weight excluding hydrogens is 288 g/mol. The number of nitrogens with one attached hydrogen (secondary N) is 2. The molecule has 2 rings (SSSR count). The van der Waals surface area contributed by atoms with Crippen LogP contribution in [0.2, 0.25) is 0 Å². The molecule has 126 valence electrons. The second kappa shape index (κ2) is 6.34. The summed E-state index contributed by atoms with van der Waals surface area (Å²) in [6.07, 6.45) is 2.95. The topological polar surface area (TPSA) is 58.2 Å². The summed E-state index contributed by atoms with van der Waals surface area (Å²) in [5.41, 5.74) is 1.90. The first-order chi connectivity index (χ1) is 10.7. The Morgan fingerprint density at radius 2 is 1.57 bits per heavy atom. The van der Waals surface area contributed by atoms with E-state index in [9.17, 15) is 9.59 Å². The molecule has 0 atom stereocenters. The number of hydrogen-bond acceptors (Lipinski definition) is 2. The zero-order valence-corrected chi connectivity index (χ0v) is 14.9. The second-order valence-electron chi connectivity index (χ2n) is 7.40. The SMILES string of the molecule is CCc1cccc(CC)c1NC(=O)C1(C(=O)NC(C)(C)C)CC1. The molecule has 1 aromatic carbocycles. The molecule has 1 aromatic rings. The maximum absolute atomic E-state index is 12.8. The molecular formula is C19H28N2O2. The fraction of sp³-hybridized carbons (Fsp3) is 0.579. The Kier molecular flexibility index (Phi) is 4.83. The predicted molar refractivity (Wildman–Crippen MR) is 93.4 cm³/mol. The van der Waals surface area contributed by atoms with Crippen molar-refractivity contribution in [1.29, 1.82) is 0 Å². The van der Waals surface area contributed by atoms with Crippen LogP contribution in [0, 0.1) is 5.41 Å². The normalized spacial score (nSPS) is 15.9. The van der Waals surface area contributed by atoms with Gasteiger partial charge in [-0.25, -0.2) is 0 Å². The number of hydrogen-bond donors (Lipinski definition) is 2. The Balaban J connectivity index is 2.21. The van der Waals surface area contributed by atoms with Crippen LogP contribution in [0.1, 0.15) is 58.6 Å². The van der Waals surface area contributed by atoms with Gasteiger partial charge < -0.3 is 10.6 Å². The van der Waals surface area contributed by atoms with Gasteiger partial charge in [0.1, 0.15) is 5.41 Å². The summed E-state index contributed by atoms with van der Waals surface area (Å²) in [6.45, 7) is 9.94. The molecule has 1 aliphatic carbocycles. The molecule has 1 saturated carbocycles. The van der Waals surface area contributed by atoms with Gasteiger partial charge in [-0.2, -0.15) is 0 Å². The van der Waals surface area contributed by atoms with Crippen LogP contribution in [0.5, 0.6) is 0 Å². The highest BCUT2D eigenvalue weighted by Gasteiger charge is 2.57. The molecule has 0 bridgehead atoms. The predicted octanol–water partition coefficient (Wildman–Crippen LogP) is 3.44. The number of carbonyl (C=O) groups is 2. The summed E-state index contributed by atoms with van der Waals surface area (Å²) >= 11 is 0. The quantitative estimate of drug-likeness (QED) is 0.818. The first kappa shape index (κ1) is 17.5. The van der Waals surface area contributed by atoms with Crippen LogP contribution in [0.4, 0.5) is 5.69 Å². The van der Waals surface area contributed by atoms with Gasteiger partial charge in [0.2, 0.25) is 11.8 Å². The monoisotopic (exact) mass is 316 g/mol. The summed E-state index contributed by atoms with van der Waals surface area (Å²) in [7, 11) is 0. The fourth-order valence-corrected chi connectivity index (χ4v) is 2.78. The van der Waals surface area contributed by atoms with Crippen molar-refractivity contribution < 1.29 is 9.59 Å². The van der Waals surface area contributed by atoms with E-state index in [2.05, 4.69) is 24.5 Å². The average molecular weight is 316 g/mol. The molecule has 0 saturated heterocycles. The minimum absolute atomic E-state index is 0.158. The van der Waals surface area contributed by atoms with Crippen molar-refractivity contribution in [3.8, 4) is 0 Å². The van der Waals surface area contributed by atoms with Gasteiger partial charge in [-0.1, -0.05) is 32.0 Å². The lowest BCUT2D eigenvalue weighted by Gasteiger charge is -2.25. The molecule has 0 aromatic heterocycles. The van der Waals surface area contributed by atoms with Gasteiger partial charge in [0.15, 0.2) is 0 Å². The maximum atomic E-state index is 12.8. The number of anilines is 1. The van der Waals surface area contributed by atoms with Crippen LogP contribution in [-0.2, 0) is 22.4 Å². The molecule has 4 nitrogen and oxygen atoms in total. The Morgan fingerprint density at radius 3 is 1.96 bits per heavy atom. The Morgan fingerprint density at radius 1 is 1.04 bits per heavy atom. The van der Waals surface area contributed by atoms with Crippen molar-refractivity contribution in [3.63, 3.8) is 0 Å². The number of para-hydroxylation sites is 1. The van der Waals surface area contributed by atoms with Crippen molar-refractivity contribution >= 4 is 17.5 Å². The van der Waals surface area contributed by atoms with Gasteiger partial charge >= 0.3 is 0 Å². The van der Waals surface area contributed by atoms with E-state index in [-0.39, 0.29) is 17.4 Å². The molecule has 2 amide bonds. The van der Waals surface area contributed by atoms with Gasteiger partial charge in [-0.15, -0.1) is 0 Å². The molecule has 1 fully saturated rings. The van der Waals surface area contributed by atoms with E-state index >= 15 is 0 Å². The summed E-state index contributed by atoms with van der Waals surface area (Å²) in [5.74, 6) is -0.329. The number of carbonyl (C=O) groups excluding carboxylic acids is 2. The second-order valence-corrected chi connectivity index (χ2v) is 7.40. The first-order valence-electron chi connectivity index (χ1n) is 8.48. The van der Waals surface area contributed by atoms with Gasteiger partial charge in [-0.3, -0.25) is 9.59 Å². The van der Waals surface area contributed by atoms with Crippen molar-refractivity contribution in [2.24, 2.45) is 5.41 Å². The molecule has 0 unspecified atom stereocenters. The van der Waals surface area contributed by atoms with Crippen molar-refractivity contribution in [2.45, 2.75) is 65.8 Å². The lowest BCUT2D eigenvalue weighted by Crippen LogP contribution is -2.48. The van der Waals surface area contributed by atoms with Crippen LogP contribution in [0.3, 0.4) is 0 Å². The number of benzene rings is 1. The van der Waals surface area contributed by atoms with E-state index in [1.807, 2.05) is 39.0 Å². The van der Waals surface area contributed by atoms with Crippen LogP contribution in [0.25, 0.3) is 0 Å². The molecule has 1 aliphatic rings. The highest BCUT2D eigenvalue weighted by molar-refractivity contribution is 6.13. The zero-order valence-electron chi connectivity index (χ0n) is 14.9. The summed E-state index contributed by atoms with van der Waals surface area (Å²) < 4.78 is 0. The van der Waals surface area contributed by atoms with Gasteiger partial charge in [0.05, 0.1) is 0 Å². The molecule has 4 heteroatoms. The first-order valence-corrected chi connectivity index (χ1v) is 8.48. The third-order valence-corrected chi connectivity index (χ3v) is 4.35. The van der Waals surface area contributed by atoms with E-state index in [1.165, 1.54) is 0 Å². The van der Waals surface area contributed by atoms with Crippen LogP contribution in [-0.4, -0.2) is 17.4 Å². The van der Waals surface area contributed by atoms with Gasteiger partial charge in [0.25, 0.3) is 0 Å². The zero-order chi connectivity index (χ0) is 17.3. The summed E-state index contributed by atoms with van der Waals surface area (Å²) in [4.78, 5) is 25.3. The molecule has 0 radical (unpaired) electrons. The van der Waals surface area contributed by atoms with Crippen LogP contribution >= 0.6 is 0 Å². The van der Waals surface area contributed by atoms with Crippen molar-refractivity contribution in [3.05, 3.63) is 29.3 Å². The highest BCUT2D eigenvalue weighted by atomic mass is 16.2. The van der Waals surface area contributed by atoms with Crippen LogP contribution in [0.15, 0.2) is 18.2 Å². The van der Waals surface area contributed by atoms with E-state index in [0.29, 0.717) is 12.8 Å². The third kappa shape index (κ3) is 3.74. The average Bonchev–Trinajstić information content (AvgIpc) is 3.27. The standard InChI is InChI=1S/C19H28N2O2/c1-6-13-9-8-10-14(7-2)15(13)20-16(22)19(11-12-19)17(23)21-18(3,4)5/h8-10H,6-7,11-12H2,1-5H3,(H,20,22)(H,21,23). The molecule has 0 spiro atoms.